The summed E-state index contributed by atoms with van der Waals surface area (Å²) < 4.78 is 8.26. The number of ether oxygens (including phenoxy) is 1. The molecule has 0 bridgehead atoms. The molecule has 6 heterocycles. The lowest BCUT2D eigenvalue weighted by Crippen LogP contribution is -2.58. The molecule has 1 aromatic carbocycles. The molecule has 0 N–H and O–H groups in total. The van der Waals surface area contributed by atoms with Crippen LogP contribution in [-0.2, 0) is 22.5 Å². The minimum atomic E-state index is -0.218. The van der Waals surface area contributed by atoms with E-state index in [-0.39, 0.29) is 24.6 Å². The molecule has 3 aromatic rings. The van der Waals surface area contributed by atoms with Gasteiger partial charge in [0.15, 0.2) is 6.23 Å². The number of amides is 1. The first-order valence-corrected chi connectivity index (χ1v) is 18.4. The second kappa shape index (κ2) is 12.8. The topological polar surface area (TPSA) is 110 Å². The van der Waals surface area contributed by atoms with Gasteiger partial charge in [0.1, 0.15) is 5.82 Å². The summed E-state index contributed by atoms with van der Waals surface area (Å²) in [5, 5.41) is 15.7. The van der Waals surface area contributed by atoms with Crippen molar-refractivity contribution in [1.29, 1.82) is 5.26 Å². The second-order valence-corrected chi connectivity index (χ2v) is 15.3. The molecule has 264 valence electrons. The highest BCUT2D eigenvalue weighted by atomic mass is 16.5. The van der Waals surface area contributed by atoms with Crippen LogP contribution < -0.4 is 14.7 Å². The van der Waals surface area contributed by atoms with Crippen LogP contribution in [0.3, 0.4) is 0 Å². The predicted molar refractivity (Wildman–Crippen MR) is 194 cm³/mol. The van der Waals surface area contributed by atoms with E-state index in [1.165, 1.54) is 41.3 Å². The standard InChI is InChI=1S/C38H50N10O2/c1-6-33(49)47-17-16-45(23-28(47)10-14-39)36-29-11-15-44(24-31(29)41-37(42-36)46-21-27(22-46)38(12-13-38)43(4)5)35-26(3)25(2)19-32-30(35)20-40-48(32)34-9-7-8-18-50-34/h6,19-20,27-28,34H,1,7-13,15-18,21-24H2,2-5H3/t28-,34?/m0/s1. The number of carbonyl (C=O) groups excluding carboxylic acids is 1. The summed E-state index contributed by atoms with van der Waals surface area (Å²) in [6, 6.07) is 4.36. The third-order valence-corrected chi connectivity index (χ3v) is 12.3. The minimum absolute atomic E-state index is 0.0223. The number of hydrogen-bond acceptors (Lipinski definition) is 10. The van der Waals surface area contributed by atoms with Gasteiger partial charge in [0, 0.05) is 68.3 Å². The van der Waals surface area contributed by atoms with Crippen molar-refractivity contribution >= 4 is 34.3 Å². The highest BCUT2D eigenvalue weighted by molar-refractivity contribution is 5.95. The van der Waals surface area contributed by atoms with Crippen LogP contribution in [0.25, 0.3) is 10.9 Å². The van der Waals surface area contributed by atoms with Gasteiger partial charge in [0.05, 0.1) is 48.2 Å². The molecule has 1 unspecified atom stereocenters. The SMILES string of the molecule is C=CC(=O)N1CCN(c2nc(N3CC(C4(N(C)C)CC4)C3)nc3c2CCN(c2c(C)c(C)cc4c2cnn4C2CCCCO2)C3)C[C@@H]1CC#N. The van der Waals surface area contributed by atoms with E-state index in [2.05, 4.69) is 70.9 Å². The fourth-order valence-corrected chi connectivity index (χ4v) is 9.01. The van der Waals surface area contributed by atoms with Crippen LogP contribution in [0.4, 0.5) is 17.5 Å². The van der Waals surface area contributed by atoms with Gasteiger partial charge in [-0.2, -0.15) is 15.3 Å². The van der Waals surface area contributed by atoms with Gasteiger partial charge in [0.25, 0.3) is 0 Å². The highest BCUT2D eigenvalue weighted by Crippen LogP contribution is 2.50. The summed E-state index contributed by atoms with van der Waals surface area (Å²) in [6.45, 7) is 14.1. The van der Waals surface area contributed by atoms with E-state index in [0.717, 1.165) is 80.3 Å². The van der Waals surface area contributed by atoms with Crippen LogP contribution in [0.15, 0.2) is 24.9 Å². The van der Waals surface area contributed by atoms with Crippen molar-refractivity contribution in [2.75, 3.05) is 74.7 Å². The van der Waals surface area contributed by atoms with Crippen molar-refractivity contribution < 1.29 is 9.53 Å². The molecule has 12 heteroatoms. The summed E-state index contributed by atoms with van der Waals surface area (Å²) in [5.74, 6) is 2.24. The Balaban J connectivity index is 1.14. The lowest BCUT2D eigenvalue weighted by Gasteiger charge is -2.47. The van der Waals surface area contributed by atoms with Crippen LogP contribution in [0.1, 0.15) is 67.1 Å². The molecule has 4 fully saturated rings. The molecular formula is C38H50N10O2. The monoisotopic (exact) mass is 678 g/mol. The quantitative estimate of drug-likeness (QED) is 0.319. The highest BCUT2D eigenvalue weighted by Gasteiger charge is 2.55. The summed E-state index contributed by atoms with van der Waals surface area (Å²) in [5.41, 5.74) is 7.42. The molecule has 4 aliphatic heterocycles. The van der Waals surface area contributed by atoms with E-state index in [0.29, 0.717) is 37.6 Å². The Morgan fingerprint density at radius 2 is 1.94 bits per heavy atom. The van der Waals surface area contributed by atoms with Crippen LogP contribution in [0.5, 0.6) is 0 Å². The lowest BCUT2D eigenvalue weighted by molar-refractivity contribution is -0.128. The molecule has 1 amide bonds. The van der Waals surface area contributed by atoms with Gasteiger partial charge < -0.3 is 29.2 Å². The van der Waals surface area contributed by atoms with Crippen LogP contribution >= 0.6 is 0 Å². The Bertz CT molecular complexity index is 1850. The van der Waals surface area contributed by atoms with Crippen molar-refractivity contribution in [1.82, 2.24) is 29.5 Å². The zero-order valence-corrected chi connectivity index (χ0v) is 30.1. The molecule has 2 atom stereocenters. The van der Waals surface area contributed by atoms with E-state index in [4.69, 9.17) is 19.8 Å². The molecule has 2 aromatic heterocycles. The molecule has 8 rings (SSSR count). The number of rotatable bonds is 8. The van der Waals surface area contributed by atoms with Crippen molar-refractivity contribution in [3.63, 3.8) is 0 Å². The number of aromatic nitrogens is 4. The van der Waals surface area contributed by atoms with Crippen molar-refractivity contribution in [2.24, 2.45) is 5.92 Å². The minimum Gasteiger partial charge on any atom is -0.364 e. The van der Waals surface area contributed by atoms with Crippen molar-refractivity contribution in [3.8, 4) is 6.07 Å². The summed E-state index contributed by atoms with van der Waals surface area (Å²) in [7, 11) is 4.42. The van der Waals surface area contributed by atoms with Gasteiger partial charge in [-0.1, -0.05) is 6.58 Å². The van der Waals surface area contributed by atoms with E-state index in [9.17, 15) is 10.1 Å². The maximum absolute atomic E-state index is 12.7. The third kappa shape index (κ3) is 5.50. The number of nitrogens with zero attached hydrogens (tertiary/aromatic N) is 10. The first-order valence-electron chi connectivity index (χ1n) is 18.4. The average molecular weight is 679 g/mol. The van der Waals surface area contributed by atoms with Gasteiger partial charge in [-0.25, -0.2) is 9.67 Å². The predicted octanol–water partition coefficient (Wildman–Crippen LogP) is 4.35. The molecule has 50 heavy (non-hydrogen) atoms. The number of fused-ring (bicyclic) bond motifs is 2. The molecular weight excluding hydrogens is 628 g/mol. The molecule has 1 aliphatic carbocycles. The Morgan fingerprint density at radius 1 is 1.12 bits per heavy atom. The maximum atomic E-state index is 12.7. The zero-order chi connectivity index (χ0) is 34.7. The molecule has 1 saturated carbocycles. The number of nitriles is 1. The van der Waals surface area contributed by atoms with Crippen molar-refractivity contribution in [2.45, 2.75) is 83.1 Å². The zero-order valence-electron chi connectivity index (χ0n) is 30.1. The molecule has 3 saturated heterocycles. The fraction of sp³-hybridized carbons (Fsp3) is 0.605. The smallest absolute Gasteiger partial charge is 0.246 e. The largest absolute Gasteiger partial charge is 0.364 e. The van der Waals surface area contributed by atoms with E-state index < -0.39 is 0 Å². The first-order chi connectivity index (χ1) is 24.2. The number of anilines is 3. The summed E-state index contributed by atoms with van der Waals surface area (Å²) in [4.78, 5) is 34.7. The normalized spacial score (nSPS) is 23.5. The lowest BCUT2D eigenvalue weighted by atomic mass is 9.88. The maximum Gasteiger partial charge on any atom is 0.246 e. The number of carbonyl (C=O) groups is 1. The van der Waals surface area contributed by atoms with E-state index in [1.807, 2.05) is 6.20 Å². The Hall–Kier alpha value is -4.21. The molecule has 12 nitrogen and oxygen atoms in total. The summed E-state index contributed by atoms with van der Waals surface area (Å²) >= 11 is 0. The second-order valence-electron chi connectivity index (χ2n) is 15.3. The third-order valence-electron chi connectivity index (χ3n) is 12.3. The summed E-state index contributed by atoms with van der Waals surface area (Å²) in [6.07, 6.45) is 10.2. The Morgan fingerprint density at radius 3 is 2.64 bits per heavy atom. The van der Waals surface area contributed by atoms with Gasteiger partial charge in [0.2, 0.25) is 11.9 Å². The molecule has 0 spiro atoms. The van der Waals surface area contributed by atoms with Gasteiger partial charge >= 0.3 is 0 Å². The Labute approximate surface area is 295 Å². The van der Waals surface area contributed by atoms with Crippen LogP contribution in [0, 0.1) is 31.1 Å². The number of aryl methyl sites for hydroxylation is 1. The first kappa shape index (κ1) is 33.0. The average Bonchev–Trinajstić information content (AvgIpc) is 3.81. The van der Waals surface area contributed by atoms with E-state index in [1.54, 1.807) is 4.90 Å². The number of hydrogen-bond donors (Lipinski definition) is 0. The van der Waals surface area contributed by atoms with Crippen molar-refractivity contribution in [3.05, 3.63) is 47.3 Å². The fourth-order valence-electron chi connectivity index (χ4n) is 9.01. The van der Waals surface area contributed by atoms with Gasteiger partial charge in [-0.05, 0) is 89.7 Å². The number of benzene rings is 1. The Kier molecular flexibility index (Phi) is 8.46. The molecule has 5 aliphatic rings. The van der Waals surface area contributed by atoms with Gasteiger partial charge in [-0.15, -0.1) is 0 Å². The van der Waals surface area contributed by atoms with E-state index >= 15 is 0 Å². The van der Waals surface area contributed by atoms with Gasteiger partial charge in [-0.3, -0.25) is 4.79 Å². The molecule has 0 radical (unpaired) electrons. The van der Waals surface area contributed by atoms with Crippen LogP contribution in [-0.4, -0.2) is 107 Å². The van der Waals surface area contributed by atoms with Crippen LogP contribution in [0.2, 0.25) is 0 Å². The number of piperazine rings is 1.